The van der Waals surface area contributed by atoms with Crippen LogP contribution in [0.4, 0.5) is 0 Å². The van der Waals surface area contributed by atoms with Gasteiger partial charge in [-0.1, -0.05) is 38.5 Å². The average molecular weight is 308 g/mol. The number of hydrogen-bond donors (Lipinski definition) is 0. The lowest BCUT2D eigenvalue weighted by Gasteiger charge is -2.38. The minimum Gasteiger partial charge on any atom is -0.262 e. The Kier molecular flexibility index (Phi) is 3.27. The number of hydrogen-bond acceptors (Lipinski definition) is 3. The molecule has 0 spiro atoms. The third-order valence-electron chi connectivity index (χ3n) is 6.27. The van der Waals surface area contributed by atoms with Crippen molar-refractivity contribution in [2.24, 2.45) is 16.7 Å². The third-order valence-corrected chi connectivity index (χ3v) is 7.60. The van der Waals surface area contributed by atoms with Crippen molar-refractivity contribution in [1.82, 2.24) is 0 Å². The Morgan fingerprint density at radius 3 is 2.24 bits per heavy atom. The molecule has 2 bridgehead atoms. The van der Waals surface area contributed by atoms with Gasteiger partial charge < -0.3 is 0 Å². The average Bonchev–Trinajstić information content (AvgIpc) is 2.72. The lowest BCUT2D eigenvalue weighted by atomic mass is 9.70. The summed E-state index contributed by atoms with van der Waals surface area (Å²) in [5, 5.41) is 0. The van der Waals surface area contributed by atoms with Crippen molar-refractivity contribution in [3.8, 4) is 0 Å². The van der Waals surface area contributed by atoms with E-state index in [1.165, 1.54) is 6.42 Å². The highest BCUT2D eigenvalue weighted by Gasteiger charge is 2.62. The molecule has 0 heterocycles. The minimum atomic E-state index is -3.67. The quantitative estimate of drug-likeness (QED) is 0.795. The SMILES string of the molecule is Cc1ccc(S(=O)(=O)O[C@@H]2C[C@H]3CC[C@]2(C)C3(C)C)cc1. The van der Waals surface area contributed by atoms with Gasteiger partial charge in [0.1, 0.15) is 0 Å². The van der Waals surface area contributed by atoms with Gasteiger partial charge in [0.2, 0.25) is 0 Å². The zero-order valence-corrected chi connectivity index (χ0v) is 14.0. The van der Waals surface area contributed by atoms with E-state index in [1.807, 2.05) is 19.1 Å². The van der Waals surface area contributed by atoms with E-state index in [-0.39, 0.29) is 21.8 Å². The van der Waals surface area contributed by atoms with E-state index in [1.54, 1.807) is 12.1 Å². The fraction of sp³-hybridized carbons (Fsp3) is 0.647. The molecule has 21 heavy (non-hydrogen) atoms. The molecule has 2 fully saturated rings. The van der Waals surface area contributed by atoms with Gasteiger partial charge >= 0.3 is 0 Å². The van der Waals surface area contributed by atoms with Gasteiger partial charge in [0, 0.05) is 5.41 Å². The molecule has 0 unspecified atom stereocenters. The monoisotopic (exact) mass is 308 g/mol. The summed E-state index contributed by atoms with van der Waals surface area (Å²) in [4.78, 5) is 0.261. The summed E-state index contributed by atoms with van der Waals surface area (Å²) in [5.41, 5.74) is 1.15. The van der Waals surface area contributed by atoms with Crippen LogP contribution in [0.2, 0.25) is 0 Å². The van der Waals surface area contributed by atoms with Gasteiger partial charge in [0.15, 0.2) is 0 Å². The van der Waals surface area contributed by atoms with E-state index in [0.29, 0.717) is 5.92 Å². The van der Waals surface area contributed by atoms with Gasteiger partial charge in [-0.3, -0.25) is 4.18 Å². The van der Waals surface area contributed by atoms with Crippen molar-refractivity contribution < 1.29 is 12.6 Å². The highest BCUT2D eigenvalue weighted by molar-refractivity contribution is 7.86. The van der Waals surface area contributed by atoms with Crippen LogP contribution in [0.25, 0.3) is 0 Å². The Hall–Kier alpha value is -0.870. The molecule has 3 atom stereocenters. The largest absolute Gasteiger partial charge is 0.297 e. The van der Waals surface area contributed by atoms with Crippen LogP contribution in [0, 0.1) is 23.7 Å². The molecule has 2 saturated carbocycles. The first-order valence-electron chi connectivity index (χ1n) is 7.67. The first kappa shape index (κ1) is 15.0. The molecule has 3 rings (SSSR count). The third kappa shape index (κ3) is 2.15. The summed E-state index contributed by atoms with van der Waals surface area (Å²) >= 11 is 0. The summed E-state index contributed by atoms with van der Waals surface area (Å²) in [6.45, 7) is 8.64. The van der Waals surface area contributed by atoms with Crippen LogP contribution in [-0.2, 0) is 14.3 Å². The maximum Gasteiger partial charge on any atom is 0.297 e. The van der Waals surface area contributed by atoms with Gasteiger partial charge in [-0.05, 0) is 49.7 Å². The molecule has 0 aromatic heterocycles. The Morgan fingerprint density at radius 1 is 1.14 bits per heavy atom. The van der Waals surface area contributed by atoms with Gasteiger partial charge in [0.25, 0.3) is 10.1 Å². The number of rotatable bonds is 3. The highest BCUT2D eigenvalue weighted by Crippen LogP contribution is 2.66. The topological polar surface area (TPSA) is 43.4 Å². The second-order valence-electron chi connectivity index (χ2n) is 7.46. The van der Waals surface area contributed by atoms with E-state index in [2.05, 4.69) is 20.8 Å². The first-order valence-corrected chi connectivity index (χ1v) is 9.08. The fourth-order valence-electron chi connectivity index (χ4n) is 4.19. The van der Waals surface area contributed by atoms with Gasteiger partial charge in [-0.2, -0.15) is 8.42 Å². The number of benzene rings is 1. The molecule has 1 aromatic rings. The van der Waals surface area contributed by atoms with E-state index in [0.717, 1.165) is 18.4 Å². The summed E-state index contributed by atoms with van der Waals surface area (Å²) in [5.74, 6) is 0.570. The Balaban J connectivity index is 1.86. The van der Waals surface area contributed by atoms with Crippen molar-refractivity contribution in [2.75, 3.05) is 0 Å². The van der Waals surface area contributed by atoms with Crippen molar-refractivity contribution in [3.05, 3.63) is 29.8 Å². The predicted octanol–water partition coefficient (Wildman–Crippen LogP) is 3.92. The summed E-state index contributed by atoms with van der Waals surface area (Å²) in [6.07, 6.45) is 2.90. The molecule has 0 radical (unpaired) electrons. The molecule has 3 nitrogen and oxygen atoms in total. The molecule has 4 heteroatoms. The summed E-state index contributed by atoms with van der Waals surface area (Å²) in [6, 6.07) is 6.88. The lowest BCUT2D eigenvalue weighted by molar-refractivity contribution is 0.0345. The molecular weight excluding hydrogens is 284 g/mol. The van der Waals surface area contributed by atoms with E-state index in [4.69, 9.17) is 4.18 Å². The molecule has 2 aliphatic rings. The van der Waals surface area contributed by atoms with E-state index < -0.39 is 10.1 Å². The second kappa shape index (κ2) is 4.56. The Bertz CT molecular complexity index is 645. The summed E-state index contributed by atoms with van der Waals surface area (Å²) < 4.78 is 30.7. The van der Waals surface area contributed by atoms with Gasteiger partial charge in [-0.25, -0.2) is 0 Å². The van der Waals surface area contributed by atoms with Crippen molar-refractivity contribution >= 4 is 10.1 Å². The Labute approximate surface area is 127 Å². The van der Waals surface area contributed by atoms with Crippen LogP contribution in [0.3, 0.4) is 0 Å². The molecule has 2 aliphatic carbocycles. The van der Waals surface area contributed by atoms with Gasteiger partial charge in [-0.15, -0.1) is 0 Å². The normalized spacial score (nSPS) is 34.3. The van der Waals surface area contributed by atoms with Crippen LogP contribution in [0.15, 0.2) is 29.2 Å². The molecular formula is C17H24O3S. The molecule has 1 aromatic carbocycles. The molecule has 0 saturated heterocycles. The number of aryl methyl sites for hydroxylation is 1. The fourth-order valence-corrected chi connectivity index (χ4v) is 5.37. The standard InChI is InChI=1S/C17H24O3S/c1-12-5-7-14(8-6-12)21(18,19)20-15-11-13-9-10-17(15,4)16(13,2)3/h5-8,13,15H,9-11H2,1-4H3/t13-,15-,17+/m1/s1. The van der Waals surface area contributed by atoms with Crippen molar-refractivity contribution in [3.63, 3.8) is 0 Å². The van der Waals surface area contributed by atoms with Crippen LogP contribution >= 0.6 is 0 Å². The van der Waals surface area contributed by atoms with E-state index >= 15 is 0 Å². The highest BCUT2D eigenvalue weighted by atomic mass is 32.2. The Morgan fingerprint density at radius 2 is 1.76 bits per heavy atom. The zero-order valence-electron chi connectivity index (χ0n) is 13.2. The minimum absolute atomic E-state index is 0.0462. The van der Waals surface area contributed by atoms with Crippen molar-refractivity contribution in [2.45, 2.75) is 58.0 Å². The molecule has 0 amide bonds. The number of fused-ring (bicyclic) bond motifs is 2. The van der Waals surface area contributed by atoms with Crippen LogP contribution in [0.1, 0.15) is 45.6 Å². The molecule has 0 N–H and O–H groups in total. The summed E-state index contributed by atoms with van der Waals surface area (Å²) in [7, 11) is -3.67. The van der Waals surface area contributed by atoms with E-state index in [9.17, 15) is 8.42 Å². The first-order chi connectivity index (χ1) is 9.67. The lowest BCUT2D eigenvalue weighted by Crippen LogP contribution is -2.38. The smallest absolute Gasteiger partial charge is 0.262 e. The molecule has 116 valence electrons. The van der Waals surface area contributed by atoms with Crippen LogP contribution in [-0.4, -0.2) is 14.5 Å². The second-order valence-corrected chi connectivity index (χ2v) is 9.03. The molecule has 0 aliphatic heterocycles. The predicted molar refractivity (Wildman–Crippen MR) is 82.5 cm³/mol. The van der Waals surface area contributed by atoms with Crippen LogP contribution < -0.4 is 0 Å². The van der Waals surface area contributed by atoms with Gasteiger partial charge in [0.05, 0.1) is 11.0 Å². The maximum atomic E-state index is 12.5. The maximum absolute atomic E-state index is 12.5. The van der Waals surface area contributed by atoms with Crippen LogP contribution in [0.5, 0.6) is 0 Å². The van der Waals surface area contributed by atoms with Crippen molar-refractivity contribution in [1.29, 1.82) is 0 Å². The zero-order chi connectivity index (χ0) is 15.5.